The molecule has 7 heteroatoms. The number of aliphatic hydroxyl groups is 1. The lowest BCUT2D eigenvalue weighted by atomic mass is 9.97. The first kappa shape index (κ1) is 15.4. The number of benzene rings is 1. The van der Waals surface area contributed by atoms with E-state index >= 15 is 0 Å². The monoisotopic (exact) mass is 318 g/mol. The number of amides is 1. The van der Waals surface area contributed by atoms with Gasteiger partial charge in [-0.25, -0.2) is 0 Å². The normalized spacial score (nSPS) is 20.5. The van der Waals surface area contributed by atoms with Gasteiger partial charge in [0, 0.05) is 37.0 Å². The Hall–Kier alpha value is -1.01. The van der Waals surface area contributed by atoms with Crippen molar-refractivity contribution in [2.45, 2.75) is 18.4 Å². The fourth-order valence-corrected chi connectivity index (χ4v) is 2.91. The van der Waals surface area contributed by atoms with Crippen LogP contribution in [0.25, 0.3) is 0 Å². The molecule has 5 nitrogen and oxygen atoms in total. The van der Waals surface area contributed by atoms with E-state index in [0.29, 0.717) is 17.1 Å². The third kappa shape index (κ3) is 3.01. The van der Waals surface area contributed by atoms with Crippen molar-refractivity contribution >= 4 is 29.1 Å². The summed E-state index contributed by atoms with van der Waals surface area (Å²) in [6, 6.07) is 2.51. The van der Waals surface area contributed by atoms with E-state index in [1.54, 1.807) is 4.90 Å². The Bertz CT molecular complexity index is 525. The number of aromatic hydroxyl groups is 1. The van der Waals surface area contributed by atoms with Gasteiger partial charge in [-0.05, 0) is 12.1 Å². The summed E-state index contributed by atoms with van der Waals surface area (Å²) in [7, 11) is 0. The zero-order valence-electron chi connectivity index (χ0n) is 10.7. The van der Waals surface area contributed by atoms with Crippen LogP contribution in [0.3, 0.4) is 0 Å². The van der Waals surface area contributed by atoms with Gasteiger partial charge in [-0.3, -0.25) is 4.79 Å². The second kappa shape index (κ2) is 6.18. The van der Waals surface area contributed by atoms with Gasteiger partial charge in [0.05, 0.1) is 16.7 Å². The van der Waals surface area contributed by atoms with E-state index in [1.807, 2.05) is 0 Å². The van der Waals surface area contributed by atoms with Gasteiger partial charge in [-0.15, -0.1) is 0 Å². The number of phenolic OH excluding ortho intramolecular Hbond substituents is 1. The smallest absolute Gasteiger partial charge is 0.223 e. The van der Waals surface area contributed by atoms with Gasteiger partial charge in [-0.1, -0.05) is 23.2 Å². The topological polar surface area (TPSA) is 86.8 Å². The molecular weight excluding hydrogens is 303 g/mol. The Kier molecular flexibility index (Phi) is 4.75. The zero-order valence-corrected chi connectivity index (χ0v) is 12.2. The molecule has 1 aliphatic heterocycles. The van der Waals surface area contributed by atoms with E-state index in [9.17, 15) is 9.90 Å². The molecule has 0 aromatic heterocycles. The molecule has 4 N–H and O–H groups in total. The molecule has 1 aliphatic rings. The molecular formula is C13H16Cl2N2O3. The Balaban J connectivity index is 2.20. The highest BCUT2D eigenvalue weighted by atomic mass is 35.5. The minimum Gasteiger partial charge on any atom is -0.508 e. The number of hydrogen-bond acceptors (Lipinski definition) is 4. The van der Waals surface area contributed by atoms with Gasteiger partial charge in [0.1, 0.15) is 5.75 Å². The summed E-state index contributed by atoms with van der Waals surface area (Å²) in [5.74, 6) is -0.264. The van der Waals surface area contributed by atoms with Gasteiger partial charge < -0.3 is 20.8 Å². The van der Waals surface area contributed by atoms with E-state index in [2.05, 4.69) is 0 Å². The average Bonchev–Trinajstić information content (AvgIpc) is 2.75. The average molecular weight is 319 g/mol. The predicted molar refractivity (Wildman–Crippen MR) is 77.1 cm³/mol. The van der Waals surface area contributed by atoms with Crippen molar-refractivity contribution in [2.24, 2.45) is 5.73 Å². The summed E-state index contributed by atoms with van der Waals surface area (Å²) < 4.78 is 0. The second-order valence-corrected chi connectivity index (χ2v) is 5.72. The lowest BCUT2D eigenvalue weighted by Gasteiger charge is -2.20. The molecule has 0 bridgehead atoms. The first-order valence-electron chi connectivity index (χ1n) is 6.25. The molecule has 0 unspecified atom stereocenters. The van der Waals surface area contributed by atoms with Crippen LogP contribution in [0.2, 0.25) is 10.0 Å². The quantitative estimate of drug-likeness (QED) is 0.781. The minimum atomic E-state index is -0.471. The van der Waals surface area contributed by atoms with Gasteiger partial charge >= 0.3 is 0 Å². The first-order chi connectivity index (χ1) is 9.43. The number of phenols is 1. The molecule has 0 saturated carbocycles. The molecule has 20 heavy (non-hydrogen) atoms. The Morgan fingerprint density at radius 1 is 1.45 bits per heavy atom. The molecule has 0 spiro atoms. The number of hydrogen-bond donors (Lipinski definition) is 3. The molecule has 1 amide bonds. The van der Waals surface area contributed by atoms with Gasteiger partial charge in [0.15, 0.2) is 0 Å². The maximum absolute atomic E-state index is 11.9. The van der Waals surface area contributed by atoms with Crippen LogP contribution in [0, 0.1) is 0 Å². The lowest BCUT2D eigenvalue weighted by molar-refractivity contribution is -0.128. The first-order valence-corrected chi connectivity index (χ1v) is 7.00. The van der Waals surface area contributed by atoms with E-state index < -0.39 is 6.04 Å². The highest BCUT2D eigenvalue weighted by Gasteiger charge is 2.34. The van der Waals surface area contributed by atoms with Crippen LogP contribution in [-0.2, 0) is 4.79 Å². The van der Waals surface area contributed by atoms with E-state index in [0.717, 1.165) is 0 Å². The van der Waals surface area contributed by atoms with Crippen molar-refractivity contribution in [3.63, 3.8) is 0 Å². The van der Waals surface area contributed by atoms with Crippen LogP contribution < -0.4 is 5.73 Å². The molecule has 0 radical (unpaired) electrons. The maximum atomic E-state index is 11.9. The highest BCUT2D eigenvalue weighted by molar-refractivity contribution is 6.42. The fourth-order valence-electron chi connectivity index (χ4n) is 2.43. The predicted octanol–water partition coefficient (Wildman–Crippen LogP) is 1.33. The number of rotatable bonds is 4. The molecule has 0 aliphatic carbocycles. The summed E-state index contributed by atoms with van der Waals surface area (Å²) in [5.41, 5.74) is 6.14. The molecule has 2 rings (SSSR count). The van der Waals surface area contributed by atoms with E-state index in [4.69, 9.17) is 34.0 Å². The van der Waals surface area contributed by atoms with Gasteiger partial charge in [0.25, 0.3) is 0 Å². The number of nitrogens with zero attached hydrogens (tertiary/aromatic N) is 1. The number of nitrogens with two attached hydrogens (primary N) is 1. The summed E-state index contributed by atoms with van der Waals surface area (Å²) in [5, 5.41) is 19.5. The van der Waals surface area contributed by atoms with Crippen molar-refractivity contribution in [2.75, 3.05) is 19.7 Å². The van der Waals surface area contributed by atoms with Crippen LogP contribution in [0.15, 0.2) is 12.1 Å². The van der Waals surface area contributed by atoms with Crippen molar-refractivity contribution in [3.05, 3.63) is 27.7 Å². The molecule has 2 atom stereocenters. The van der Waals surface area contributed by atoms with Crippen molar-refractivity contribution in [3.8, 4) is 5.75 Å². The Morgan fingerprint density at radius 3 is 2.80 bits per heavy atom. The SMILES string of the molecule is N[C@H](CO)CN1C[C@H](c2c(O)ccc(Cl)c2Cl)CC1=O. The summed E-state index contributed by atoms with van der Waals surface area (Å²) in [6.07, 6.45) is 0.242. The summed E-state index contributed by atoms with van der Waals surface area (Å²) in [6.45, 7) is 0.503. The number of carbonyl (C=O) groups excluding carboxylic acids is 1. The molecule has 1 heterocycles. The van der Waals surface area contributed by atoms with Crippen molar-refractivity contribution in [1.29, 1.82) is 0 Å². The Labute approximate surface area is 126 Å². The van der Waals surface area contributed by atoms with Crippen LogP contribution in [0.1, 0.15) is 17.9 Å². The van der Waals surface area contributed by atoms with Crippen LogP contribution in [-0.4, -0.2) is 46.8 Å². The number of aliphatic hydroxyl groups excluding tert-OH is 1. The summed E-state index contributed by atoms with van der Waals surface area (Å²) >= 11 is 12.1. The summed E-state index contributed by atoms with van der Waals surface area (Å²) in [4.78, 5) is 13.5. The third-order valence-electron chi connectivity index (χ3n) is 3.42. The van der Waals surface area contributed by atoms with Crippen molar-refractivity contribution < 1.29 is 15.0 Å². The zero-order chi connectivity index (χ0) is 14.9. The number of likely N-dealkylation sites (tertiary alicyclic amines) is 1. The number of carbonyl (C=O) groups is 1. The molecule has 110 valence electrons. The van der Waals surface area contributed by atoms with Gasteiger partial charge in [0.2, 0.25) is 5.91 Å². The van der Waals surface area contributed by atoms with Gasteiger partial charge in [-0.2, -0.15) is 0 Å². The van der Waals surface area contributed by atoms with Crippen LogP contribution >= 0.6 is 23.2 Å². The fraction of sp³-hybridized carbons (Fsp3) is 0.462. The van der Waals surface area contributed by atoms with E-state index in [1.165, 1.54) is 12.1 Å². The standard InChI is InChI=1S/C13H16Cl2N2O3/c14-9-1-2-10(19)12(13(9)15)7-3-11(20)17(4-7)5-8(16)6-18/h1-2,7-8,18-19H,3-6,16H2/t7-,8+/m1/s1. The minimum absolute atomic E-state index is 0.0329. The van der Waals surface area contributed by atoms with E-state index in [-0.39, 0.29) is 42.2 Å². The highest BCUT2D eigenvalue weighted by Crippen LogP contribution is 2.41. The molecule has 1 aromatic carbocycles. The second-order valence-electron chi connectivity index (χ2n) is 4.94. The lowest BCUT2D eigenvalue weighted by Crippen LogP contribution is -2.40. The third-order valence-corrected chi connectivity index (χ3v) is 4.24. The Morgan fingerprint density at radius 2 is 2.15 bits per heavy atom. The van der Waals surface area contributed by atoms with Crippen molar-refractivity contribution in [1.82, 2.24) is 4.90 Å². The van der Waals surface area contributed by atoms with Crippen LogP contribution in [0.4, 0.5) is 0 Å². The van der Waals surface area contributed by atoms with Crippen LogP contribution in [0.5, 0.6) is 5.75 Å². The molecule has 1 aromatic rings. The molecule has 1 saturated heterocycles. The number of halogens is 2. The molecule has 1 fully saturated rings. The maximum Gasteiger partial charge on any atom is 0.223 e. The largest absolute Gasteiger partial charge is 0.508 e.